The molecule has 5 rings (SSSR count). The first-order valence-corrected chi connectivity index (χ1v) is 13.8. The van der Waals surface area contributed by atoms with E-state index in [1.807, 2.05) is 19.9 Å². The molecule has 168 valence electrons. The van der Waals surface area contributed by atoms with E-state index in [1.54, 1.807) is 6.07 Å². The Bertz CT molecular complexity index is 1120. The van der Waals surface area contributed by atoms with Gasteiger partial charge >= 0.3 is 0 Å². The lowest BCUT2D eigenvalue weighted by Gasteiger charge is -2.43. The van der Waals surface area contributed by atoms with Gasteiger partial charge in [-0.15, -0.1) is 0 Å². The normalized spacial score (nSPS) is 26.7. The number of aromatic amines is 1. The molecule has 0 saturated carbocycles. The van der Waals surface area contributed by atoms with E-state index < -0.39 is 20.2 Å². The van der Waals surface area contributed by atoms with Gasteiger partial charge in [0.1, 0.15) is 12.2 Å². The second kappa shape index (κ2) is 6.57. The SMILES string of the molecule is CC1(C)O[C@@H]2[C@@H](O[Si](C)(C)C(C)(C)C)Cc3c([nH]c(=O)c4cc5c(cc34)OCO5)[C@@H]2O1. The fourth-order valence-corrected chi connectivity index (χ4v) is 5.85. The molecule has 1 aromatic heterocycles. The number of nitrogens with one attached hydrogen (secondary N) is 1. The third kappa shape index (κ3) is 3.31. The molecule has 7 nitrogen and oxygen atoms in total. The summed E-state index contributed by atoms with van der Waals surface area (Å²) in [6.45, 7) is 15.2. The number of benzene rings is 1. The van der Waals surface area contributed by atoms with Gasteiger partial charge in [0.15, 0.2) is 25.6 Å². The maximum Gasteiger partial charge on any atom is 0.256 e. The van der Waals surface area contributed by atoms with Gasteiger partial charge in [-0.2, -0.15) is 0 Å². The van der Waals surface area contributed by atoms with Crippen molar-refractivity contribution in [3.63, 3.8) is 0 Å². The smallest absolute Gasteiger partial charge is 0.256 e. The molecule has 1 aromatic carbocycles. The van der Waals surface area contributed by atoms with Crippen LogP contribution in [0.4, 0.5) is 0 Å². The third-order valence-corrected chi connectivity index (χ3v) is 11.6. The lowest BCUT2D eigenvalue weighted by atomic mass is 9.86. The van der Waals surface area contributed by atoms with E-state index in [9.17, 15) is 4.79 Å². The monoisotopic (exact) mass is 445 g/mol. The molecular weight excluding hydrogens is 414 g/mol. The fraction of sp³-hybridized carbons (Fsp3) is 0.609. The van der Waals surface area contributed by atoms with Gasteiger partial charge < -0.3 is 28.4 Å². The molecule has 3 atom stereocenters. The van der Waals surface area contributed by atoms with Crippen LogP contribution in [0.3, 0.4) is 0 Å². The van der Waals surface area contributed by atoms with Crippen molar-refractivity contribution in [1.29, 1.82) is 0 Å². The van der Waals surface area contributed by atoms with Crippen LogP contribution in [-0.2, 0) is 20.3 Å². The van der Waals surface area contributed by atoms with Crippen molar-refractivity contribution in [2.24, 2.45) is 0 Å². The summed E-state index contributed by atoms with van der Waals surface area (Å²) >= 11 is 0. The fourth-order valence-electron chi connectivity index (χ4n) is 4.52. The minimum absolute atomic E-state index is 0.0663. The highest BCUT2D eigenvalue weighted by Gasteiger charge is 2.53. The van der Waals surface area contributed by atoms with Crippen molar-refractivity contribution >= 4 is 19.1 Å². The highest BCUT2D eigenvalue weighted by molar-refractivity contribution is 6.74. The lowest BCUT2D eigenvalue weighted by Crippen LogP contribution is -2.50. The van der Waals surface area contributed by atoms with Crippen LogP contribution in [-0.4, -0.2) is 38.1 Å². The third-order valence-electron chi connectivity index (χ3n) is 7.09. The number of ether oxygens (including phenoxy) is 4. The molecule has 1 fully saturated rings. The number of hydrogen-bond donors (Lipinski definition) is 1. The second-order valence-electron chi connectivity index (χ2n) is 10.7. The predicted octanol–water partition coefficient (Wildman–Crippen LogP) is 4.40. The Morgan fingerprint density at radius 1 is 1.10 bits per heavy atom. The molecule has 3 aliphatic rings. The average molecular weight is 446 g/mol. The number of pyridine rings is 1. The lowest BCUT2D eigenvalue weighted by molar-refractivity contribution is -0.153. The summed E-state index contributed by atoms with van der Waals surface area (Å²) < 4.78 is 30.6. The summed E-state index contributed by atoms with van der Waals surface area (Å²) in [5, 5.41) is 1.51. The topological polar surface area (TPSA) is 79.0 Å². The van der Waals surface area contributed by atoms with Crippen LogP contribution >= 0.6 is 0 Å². The van der Waals surface area contributed by atoms with E-state index in [2.05, 4.69) is 38.8 Å². The summed E-state index contributed by atoms with van der Waals surface area (Å²) in [5.74, 6) is 0.502. The highest BCUT2D eigenvalue weighted by Crippen LogP contribution is 2.48. The Balaban J connectivity index is 1.66. The van der Waals surface area contributed by atoms with E-state index in [0.29, 0.717) is 23.3 Å². The van der Waals surface area contributed by atoms with Crippen LogP contribution in [0, 0.1) is 0 Å². The zero-order valence-corrected chi connectivity index (χ0v) is 20.3. The summed E-state index contributed by atoms with van der Waals surface area (Å²) in [6, 6.07) is 3.68. The first-order chi connectivity index (χ1) is 14.4. The molecule has 2 aliphatic heterocycles. The first kappa shape index (κ1) is 21.0. The van der Waals surface area contributed by atoms with Gasteiger partial charge in [0, 0.05) is 6.42 Å². The molecule has 8 heteroatoms. The average Bonchev–Trinajstić information content (AvgIpc) is 3.23. The molecule has 31 heavy (non-hydrogen) atoms. The van der Waals surface area contributed by atoms with Crippen molar-refractivity contribution < 1.29 is 23.4 Å². The number of H-pyrrole nitrogens is 1. The van der Waals surface area contributed by atoms with Gasteiger partial charge in [0.05, 0.1) is 17.2 Å². The van der Waals surface area contributed by atoms with Crippen molar-refractivity contribution in [3.05, 3.63) is 33.7 Å². The van der Waals surface area contributed by atoms with Crippen LogP contribution in [0.2, 0.25) is 18.1 Å². The van der Waals surface area contributed by atoms with Crippen LogP contribution < -0.4 is 15.0 Å². The van der Waals surface area contributed by atoms with E-state index in [4.69, 9.17) is 23.4 Å². The Labute approximate surface area is 183 Å². The van der Waals surface area contributed by atoms with Crippen molar-refractivity contribution in [2.75, 3.05) is 6.79 Å². The Morgan fingerprint density at radius 3 is 2.39 bits per heavy atom. The van der Waals surface area contributed by atoms with Crippen molar-refractivity contribution in [1.82, 2.24) is 4.98 Å². The molecule has 1 N–H and O–H groups in total. The Kier molecular flexibility index (Phi) is 4.45. The molecule has 0 bridgehead atoms. The molecule has 0 radical (unpaired) electrons. The van der Waals surface area contributed by atoms with Crippen LogP contribution in [0.15, 0.2) is 16.9 Å². The van der Waals surface area contributed by atoms with Crippen LogP contribution in [0.25, 0.3) is 10.8 Å². The second-order valence-corrected chi connectivity index (χ2v) is 15.5. The molecule has 1 aliphatic carbocycles. The predicted molar refractivity (Wildman–Crippen MR) is 119 cm³/mol. The zero-order valence-electron chi connectivity index (χ0n) is 19.3. The van der Waals surface area contributed by atoms with Crippen molar-refractivity contribution in [3.8, 4) is 11.5 Å². The molecule has 1 saturated heterocycles. The van der Waals surface area contributed by atoms with Gasteiger partial charge in [0.25, 0.3) is 5.56 Å². The summed E-state index contributed by atoms with van der Waals surface area (Å²) in [7, 11) is -2.07. The van der Waals surface area contributed by atoms with Crippen LogP contribution in [0.5, 0.6) is 11.5 Å². The number of fused-ring (bicyclic) bond motifs is 6. The zero-order chi connectivity index (χ0) is 22.3. The summed E-state index contributed by atoms with van der Waals surface area (Å²) in [4.78, 5) is 16.1. The maximum absolute atomic E-state index is 13.0. The molecule has 0 spiro atoms. The first-order valence-electron chi connectivity index (χ1n) is 10.9. The molecule has 2 aromatic rings. The quantitative estimate of drug-likeness (QED) is 0.691. The largest absolute Gasteiger partial charge is 0.454 e. The minimum atomic E-state index is -2.07. The van der Waals surface area contributed by atoms with E-state index in [-0.39, 0.29) is 29.6 Å². The number of aromatic nitrogens is 1. The summed E-state index contributed by atoms with van der Waals surface area (Å²) in [6.07, 6.45) is -0.204. The summed E-state index contributed by atoms with van der Waals surface area (Å²) in [5.41, 5.74) is 1.64. The van der Waals surface area contributed by atoms with Gasteiger partial charge in [-0.1, -0.05) is 20.8 Å². The molecule has 0 unspecified atom stereocenters. The Hall–Kier alpha value is -1.87. The van der Waals surface area contributed by atoms with E-state index in [1.165, 1.54) is 0 Å². The maximum atomic E-state index is 13.0. The standard InChI is InChI=1S/C23H31NO6Si/c1-22(2,3)31(6,7)30-17-9-13-12-8-15-16(27-11-26-15)10-14(12)21(25)24-18(13)20-19(17)28-23(4,5)29-20/h8,10,17,19-20H,9,11H2,1-7H3,(H,24,25)/t17-,19+,20-/m0/s1. The van der Waals surface area contributed by atoms with E-state index in [0.717, 1.165) is 16.6 Å². The molecular formula is C23H31NO6Si. The van der Waals surface area contributed by atoms with Gasteiger partial charge in [-0.25, -0.2) is 0 Å². The van der Waals surface area contributed by atoms with E-state index >= 15 is 0 Å². The van der Waals surface area contributed by atoms with Crippen LogP contribution in [0.1, 0.15) is 52.0 Å². The molecule has 3 heterocycles. The molecule has 0 amide bonds. The van der Waals surface area contributed by atoms with Gasteiger partial charge in [-0.05, 0) is 55.1 Å². The van der Waals surface area contributed by atoms with Gasteiger partial charge in [-0.3, -0.25) is 4.79 Å². The minimum Gasteiger partial charge on any atom is -0.454 e. The number of rotatable bonds is 2. The van der Waals surface area contributed by atoms with Crippen molar-refractivity contribution in [2.45, 2.75) is 83.3 Å². The highest BCUT2D eigenvalue weighted by atomic mass is 28.4. The number of hydrogen-bond acceptors (Lipinski definition) is 6. The van der Waals surface area contributed by atoms with Gasteiger partial charge in [0.2, 0.25) is 6.79 Å². The Morgan fingerprint density at radius 2 is 1.74 bits per heavy atom.